The standard InChI is InChI=1S/C19H19Cl2F3N2O5S2/c1-18(2,3)30-17(27)25-10-7-5-4-6-9(10)15-13(21)14-16(32-15)11(8-12(20)26-14)31-33(28,29)19(22,23)24/h4-5,8-10H,6-7H2,1-3H3,(H,25,27)/t9-,10-/m0/s1. The van der Waals surface area contributed by atoms with Gasteiger partial charge in [-0.25, -0.2) is 9.78 Å². The van der Waals surface area contributed by atoms with Gasteiger partial charge in [0.05, 0.1) is 9.72 Å². The van der Waals surface area contributed by atoms with Crippen LogP contribution in [0.1, 0.15) is 44.4 Å². The highest BCUT2D eigenvalue weighted by molar-refractivity contribution is 7.88. The Morgan fingerprint density at radius 2 is 1.85 bits per heavy atom. The summed E-state index contributed by atoms with van der Waals surface area (Å²) in [7, 11) is -5.94. The van der Waals surface area contributed by atoms with Gasteiger partial charge in [-0.15, -0.1) is 11.3 Å². The van der Waals surface area contributed by atoms with Crippen LogP contribution in [0.4, 0.5) is 18.0 Å². The second-order valence-corrected chi connectivity index (χ2v) is 11.5. The van der Waals surface area contributed by atoms with Gasteiger partial charge < -0.3 is 14.2 Å². The third kappa shape index (κ3) is 5.84. The molecule has 0 unspecified atom stereocenters. The van der Waals surface area contributed by atoms with E-state index in [1.807, 2.05) is 12.2 Å². The molecule has 33 heavy (non-hydrogen) atoms. The zero-order valence-electron chi connectivity index (χ0n) is 17.5. The van der Waals surface area contributed by atoms with Gasteiger partial charge in [0.25, 0.3) is 0 Å². The topological polar surface area (TPSA) is 94.6 Å². The molecule has 0 radical (unpaired) electrons. The summed E-state index contributed by atoms with van der Waals surface area (Å²) in [5, 5.41) is 2.58. The molecule has 2 heterocycles. The van der Waals surface area contributed by atoms with Gasteiger partial charge in [-0.3, -0.25) is 0 Å². The van der Waals surface area contributed by atoms with E-state index in [1.165, 1.54) is 0 Å². The van der Waals surface area contributed by atoms with E-state index in [4.69, 9.17) is 27.9 Å². The van der Waals surface area contributed by atoms with Gasteiger partial charge in [-0.2, -0.15) is 21.6 Å². The van der Waals surface area contributed by atoms with Crippen molar-refractivity contribution < 1.29 is 35.3 Å². The Balaban J connectivity index is 2.02. The zero-order chi connectivity index (χ0) is 24.8. The highest BCUT2D eigenvalue weighted by Gasteiger charge is 2.49. The molecule has 2 aromatic heterocycles. The lowest BCUT2D eigenvalue weighted by Crippen LogP contribution is -2.42. The second-order valence-electron chi connectivity index (χ2n) is 8.19. The monoisotopic (exact) mass is 546 g/mol. The van der Waals surface area contributed by atoms with E-state index < -0.39 is 39.1 Å². The Morgan fingerprint density at radius 3 is 2.45 bits per heavy atom. The number of ether oxygens (including phenoxy) is 1. The van der Waals surface area contributed by atoms with Crippen molar-refractivity contribution in [3.8, 4) is 5.75 Å². The number of allylic oxidation sites excluding steroid dienone is 1. The number of hydrogen-bond acceptors (Lipinski definition) is 7. The molecule has 0 fully saturated rings. The molecule has 1 aliphatic carbocycles. The molecule has 182 valence electrons. The first kappa shape index (κ1) is 25.9. The molecule has 14 heteroatoms. The third-order valence-corrected chi connectivity index (χ3v) is 7.48. The molecule has 1 amide bonds. The van der Waals surface area contributed by atoms with Crippen LogP contribution in [-0.2, 0) is 14.9 Å². The Kier molecular flexibility index (Phi) is 7.15. The minimum Gasteiger partial charge on any atom is -0.444 e. The van der Waals surface area contributed by atoms with E-state index in [-0.39, 0.29) is 26.3 Å². The molecule has 0 saturated carbocycles. The quantitative estimate of drug-likeness (QED) is 0.213. The number of alkyl halides is 3. The van der Waals surface area contributed by atoms with Crippen molar-refractivity contribution in [2.24, 2.45) is 0 Å². The molecule has 0 aliphatic heterocycles. The molecule has 2 aromatic rings. The molecule has 2 atom stereocenters. The third-order valence-electron chi connectivity index (χ3n) is 4.50. The number of halogens is 5. The molecule has 0 saturated heterocycles. The first-order chi connectivity index (χ1) is 15.1. The molecule has 0 bridgehead atoms. The van der Waals surface area contributed by atoms with Gasteiger partial charge >= 0.3 is 21.7 Å². The summed E-state index contributed by atoms with van der Waals surface area (Å²) in [4.78, 5) is 16.8. The minimum atomic E-state index is -5.94. The van der Waals surface area contributed by atoms with E-state index in [9.17, 15) is 26.4 Å². The summed E-state index contributed by atoms with van der Waals surface area (Å²) in [6.45, 7) is 5.17. The van der Waals surface area contributed by atoms with Gasteiger partial charge in [0.1, 0.15) is 16.3 Å². The van der Waals surface area contributed by atoms with Gasteiger partial charge in [0.2, 0.25) is 0 Å². The highest BCUT2D eigenvalue weighted by atomic mass is 35.5. The Bertz CT molecular complexity index is 1210. The minimum absolute atomic E-state index is 0.00196. The lowest BCUT2D eigenvalue weighted by molar-refractivity contribution is -0.0499. The number of aromatic nitrogens is 1. The predicted molar refractivity (Wildman–Crippen MR) is 120 cm³/mol. The number of pyridine rings is 1. The summed E-state index contributed by atoms with van der Waals surface area (Å²) in [5.41, 5.74) is -6.34. The first-order valence-electron chi connectivity index (χ1n) is 9.53. The van der Waals surface area contributed by atoms with Crippen molar-refractivity contribution >= 4 is 61.0 Å². The van der Waals surface area contributed by atoms with Crippen molar-refractivity contribution in [2.75, 3.05) is 0 Å². The number of amides is 1. The molecular weight excluding hydrogens is 528 g/mol. The predicted octanol–water partition coefficient (Wildman–Crippen LogP) is 6.16. The maximum Gasteiger partial charge on any atom is 0.534 e. The van der Waals surface area contributed by atoms with Crippen molar-refractivity contribution in [3.63, 3.8) is 0 Å². The Labute approximate surface area is 202 Å². The maximum absolute atomic E-state index is 12.8. The van der Waals surface area contributed by atoms with E-state index in [0.717, 1.165) is 17.4 Å². The molecule has 1 N–H and O–H groups in total. The molecule has 1 aliphatic rings. The average Bonchev–Trinajstić information content (AvgIpc) is 2.96. The van der Waals surface area contributed by atoms with Gasteiger partial charge in [0.15, 0.2) is 5.75 Å². The Hall–Kier alpha value is -1.76. The summed E-state index contributed by atoms with van der Waals surface area (Å²) < 4.78 is 71.2. The Morgan fingerprint density at radius 1 is 1.21 bits per heavy atom. The number of nitrogens with one attached hydrogen (secondary N) is 1. The van der Waals surface area contributed by atoms with Crippen LogP contribution in [0.5, 0.6) is 5.75 Å². The van der Waals surface area contributed by atoms with Crippen molar-refractivity contribution in [1.29, 1.82) is 0 Å². The number of nitrogens with zero attached hydrogens (tertiary/aromatic N) is 1. The molecule has 0 aromatic carbocycles. The number of thiophene rings is 1. The normalized spacial score (nSPS) is 19.5. The smallest absolute Gasteiger partial charge is 0.444 e. The fraction of sp³-hybridized carbons (Fsp3) is 0.474. The van der Waals surface area contributed by atoms with Crippen LogP contribution in [0.3, 0.4) is 0 Å². The number of carbonyl (C=O) groups excluding carboxylic acids is 1. The van der Waals surface area contributed by atoms with Crippen LogP contribution in [0.2, 0.25) is 10.2 Å². The SMILES string of the molecule is CC(C)(C)OC(=O)N[C@H]1CC=CC[C@@H]1c1sc2c(OS(=O)(=O)C(F)(F)F)cc(Cl)nc2c1Cl. The van der Waals surface area contributed by atoms with Crippen LogP contribution >= 0.6 is 34.5 Å². The van der Waals surface area contributed by atoms with Gasteiger partial charge in [-0.05, 0) is 33.6 Å². The number of rotatable bonds is 4. The van der Waals surface area contributed by atoms with Crippen molar-refractivity contribution in [2.45, 2.75) is 56.7 Å². The maximum atomic E-state index is 12.8. The largest absolute Gasteiger partial charge is 0.534 e. The summed E-state index contributed by atoms with van der Waals surface area (Å²) in [6, 6.07) is 0.440. The van der Waals surface area contributed by atoms with Gasteiger partial charge in [-0.1, -0.05) is 35.4 Å². The van der Waals surface area contributed by atoms with E-state index in [2.05, 4.69) is 14.5 Å². The summed E-state index contributed by atoms with van der Waals surface area (Å²) in [6.07, 6.45) is 4.03. The van der Waals surface area contributed by atoms with E-state index in [0.29, 0.717) is 17.7 Å². The summed E-state index contributed by atoms with van der Waals surface area (Å²) >= 11 is 13.3. The highest BCUT2D eigenvalue weighted by Crippen LogP contribution is 2.47. The van der Waals surface area contributed by atoms with Crippen LogP contribution in [0, 0.1) is 0 Å². The number of alkyl carbamates (subject to hydrolysis) is 1. The average molecular weight is 547 g/mol. The fourth-order valence-electron chi connectivity index (χ4n) is 3.19. The number of fused-ring (bicyclic) bond motifs is 1. The second kappa shape index (κ2) is 9.12. The fourth-order valence-corrected chi connectivity index (χ4v) is 5.60. The van der Waals surface area contributed by atoms with Crippen LogP contribution in [0.15, 0.2) is 18.2 Å². The zero-order valence-corrected chi connectivity index (χ0v) is 20.6. The number of carbonyl (C=O) groups is 1. The van der Waals surface area contributed by atoms with Crippen LogP contribution in [0.25, 0.3) is 10.2 Å². The van der Waals surface area contributed by atoms with E-state index in [1.54, 1.807) is 20.8 Å². The van der Waals surface area contributed by atoms with Crippen molar-refractivity contribution in [3.05, 3.63) is 33.3 Å². The van der Waals surface area contributed by atoms with Crippen LogP contribution in [-0.4, -0.2) is 36.6 Å². The van der Waals surface area contributed by atoms with E-state index >= 15 is 0 Å². The molecule has 3 rings (SSSR count). The van der Waals surface area contributed by atoms with Crippen LogP contribution < -0.4 is 9.50 Å². The first-order valence-corrected chi connectivity index (χ1v) is 12.5. The molecular formula is C19H19Cl2F3N2O5S2. The number of hydrogen-bond donors (Lipinski definition) is 1. The van der Waals surface area contributed by atoms with Gasteiger partial charge in [0, 0.05) is 22.9 Å². The molecule has 0 spiro atoms. The molecule has 7 nitrogen and oxygen atoms in total. The van der Waals surface area contributed by atoms with Crippen molar-refractivity contribution in [1.82, 2.24) is 10.3 Å². The lowest BCUT2D eigenvalue weighted by atomic mass is 9.88. The lowest BCUT2D eigenvalue weighted by Gasteiger charge is -2.30. The summed E-state index contributed by atoms with van der Waals surface area (Å²) in [5.74, 6) is -1.01.